The lowest BCUT2D eigenvalue weighted by Gasteiger charge is -2.15. The minimum absolute atomic E-state index is 0.121. The number of ether oxygens (including phenoxy) is 1. The predicted molar refractivity (Wildman–Crippen MR) is 71.0 cm³/mol. The summed E-state index contributed by atoms with van der Waals surface area (Å²) < 4.78 is 5.27. The van der Waals surface area contributed by atoms with Crippen molar-refractivity contribution in [1.82, 2.24) is 4.90 Å². The van der Waals surface area contributed by atoms with Crippen molar-refractivity contribution in [2.75, 3.05) is 32.1 Å². The highest BCUT2D eigenvalue weighted by Crippen LogP contribution is 2.15. The molecule has 0 aliphatic carbocycles. The molecule has 2 amide bonds. The molecule has 0 aromatic heterocycles. The molecule has 0 heterocycles. The first-order valence-electron chi connectivity index (χ1n) is 5.98. The molecule has 6 nitrogen and oxygen atoms in total. The van der Waals surface area contributed by atoms with E-state index < -0.39 is 11.8 Å². The lowest BCUT2D eigenvalue weighted by atomic mass is 10.3. The smallest absolute Gasteiger partial charge is 0.313 e. The van der Waals surface area contributed by atoms with E-state index in [1.54, 1.807) is 24.3 Å². The average molecular weight is 266 g/mol. The van der Waals surface area contributed by atoms with Gasteiger partial charge in [-0.1, -0.05) is 0 Å². The molecule has 0 bridgehead atoms. The highest BCUT2D eigenvalue weighted by molar-refractivity contribution is 6.39. The largest absolute Gasteiger partial charge is 0.494 e. The molecule has 0 spiro atoms. The molecule has 0 unspecified atom stereocenters. The zero-order chi connectivity index (χ0) is 14.3. The second-order valence-electron chi connectivity index (χ2n) is 3.86. The topological polar surface area (TPSA) is 78.9 Å². The molecule has 6 heteroatoms. The van der Waals surface area contributed by atoms with Gasteiger partial charge in [0.2, 0.25) is 0 Å². The number of carbonyl (C=O) groups excluding carboxylic acids is 2. The lowest BCUT2D eigenvalue weighted by Crippen LogP contribution is -2.38. The number of benzene rings is 1. The maximum Gasteiger partial charge on any atom is 0.313 e. The third-order valence-corrected chi connectivity index (χ3v) is 2.40. The van der Waals surface area contributed by atoms with Gasteiger partial charge >= 0.3 is 11.8 Å². The summed E-state index contributed by atoms with van der Waals surface area (Å²) in [6.45, 7) is 2.38. The maximum absolute atomic E-state index is 11.6. The third kappa shape index (κ3) is 4.59. The summed E-state index contributed by atoms with van der Waals surface area (Å²) in [5, 5.41) is 11.2. The summed E-state index contributed by atoms with van der Waals surface area (Å²) in [5.41, 5.74) is 0.513. The molecule has 1 aromatic rings. The molecule has 0 aliphatic rings. The Hall–Kier alpha value is -2.08. The quantitative estimate of drug-likeness (QED) is 0.760. The van der Waals surface area contributed by atoms with Gasteiger partial charge in [-0.05, 0) is 31.2 Å². The molecule has 1 aromatic carbocycles. The molecule has 0 fully saturated rings. The van der Waals surface area contributed by atoms with Crippen LogP contribution < -0.4 is 10.1 Å². The number of rotatable bonds is 5. The van der Waals surface area contributed by atoms with Crippen LogP contribution in [-0.4, -0.2) is 48.6 Å². The molecule has 104 valence electrons. The van der Waals surface area contributed by atoms with Gasteiger partial charge < -0.3 is 20.1 Å². The van der Waals surface area contributed by atoms with E-state index in [1.807, 2.05) is 6.92 Å². The minimum atomic E-state index is -0.736. The van der Waals surface area contributed by atoms with Gasteiger partial charge in [-0.15, -0.1) is 0 Å². The Kier molecular flexibility index (Phi) is 5.81. The molecule has 0 saturated carbocycles. The van der Waals surface area contributed by atoms with Crippen molar-refractivity contribution < 1.29 is 19.4 Å². The number of likely N-dealkylation sites (N-methyl/N-ethyl adjacent to an activating group) is 1. The number of anilines is 1. The van der Waals surface area contributed by atoms with Crippen molar-refractivity contribution in [3.63, 3.8) is 0 Å². The van der Waals surface area contributed by atoms with E-state index >= 15 is 0 Å². The minimum Gasteiger partial charge on any atom is -0.494 e. The normalized spacial score (nSPS) is 9.84. The summed E-state index contributed by atoms with van der Waals surface area (Å²) in [5.74, 6) is -0.729. The third-order valence-electron chi connectivity index (χ3n) is 2.40. The van der Waals surface area contributed by atoms with Gasteiger partial charge in [0.25, 0.3) is 0 Å². The zero-order valence-electron chi connectivity index (χ0n) is 11.0. The Morgan fingerprint density at radius 2 is 1.95 bits per heavy atom. The number of nitrogens with zero attached hydrogens (tertiary/aromatic N) is 1. The fourth-order valence-corrected chi connectivity index (χ4v) is 1.41. The van der Waals surface area contributed by atoms with E-state index in [9.17, 15) is 9.59 Å². The van der Waals surface area contributed by atoms with E-state index in [1.165, 1.54) is 7.05 Å². The second kappa shape index (κ2) is 7.38. The molecule has 19 heavy (non-hydrogen) atoms. The van der Waals surface area contributed by atoms with Crippen LogP contribution in [0.2, 0.25) is 0 Å². The van der Waals surface area contributed by atoms with Gasteiger partial charge in [-0.25, -0.2) is 0 Å². The van der Waals surface area contributed by atoms with Crippen LogP contribution in [0, 0.1) is 0 Å². The molecule has 0 radical (unpaired) electrons. The molecular weight excluding hydrogens is 248 g/mol. The van der Waals surface area contributed by atoms with Crippen LogP contribution >= 0.6 is 0 Å². The van der Waals surface area contributed by atoms with Crippen LogP contribution in [0.15, 0.2) is 24.3 Å². The highest BCUT2D eigenvalue weighted by atomic mass is 16.5. The van der Waals surface area contributed by atoms with Crippen LogP contribution in [0.4, 0.5) is 5.69 Å². The molecule has 0 saturated heterocycles. The first-order valence-corrected chi connectivity index (χ1v) is 5.98. The van der Waals surface area contributed by atoms with Gasteiger partial charge in [0.15, 0.2) is 0 Å². The number of aliphatic hydroxyl groups excluding tert-OH is 1. The number of hydrogen-bond donors (Lipinski definition) is 2. The number of nitrogens with one attached hydrogen (secondary N) is 1. The number of amides is 2. The van der Waals surface area contributed by atoms with Gasteiger partial charge in [0.1, 0.15) is 5.75 Å². The number of hydrogen-bond acceptors (Lipinski definition) is 4. The lowest BCUT2D eigenvalue weighted by molar-refractivity contribution is -0.142. The van der Waals surface area contributed by atoms with Crippen molar-refractivity contribution >= 4 is 17.5 Å². The molecule has 0 aliphatic heterocycles. The standard InChI is InChI=1S/C13H18N2O4/c1-3-19-11-6-4-10(5-7-11)14-12(17)13(18)15(2)8-9-16/h4-7,16H,3,8-9H2,1-2H3,(H,14,17). The first-order chi connectivity index (χ1) is 9.08. The Bertz CT molecular complexity index is 431. The number of carbonyl (C=O) groups is 2. The van der Waals surface area contributed by atoms with E-state index in [0.29, 0.717) is 18.0 Å². The molecular formula is C13H18N2O4. The summed E-state index contributed by atoms with van der Waals surface area (Å²) in [6, 6.07) is 6.73. The molecule has 2 N–H and O–H groups in total. The van der Waals surface area contributed by atoms with Crippen molar-refractivity contribution in [2.24, 2.45) is 0 Å². The fourth-order valence-electron chi connectivity index (χ4n) is 1.41. The summed E-state index contributed by atoms with van der Waals surface area (Å²) in [6.07, 6.45) is 0. The second-order valence-corrected chi connectivity index (χ2v) is 3.86. The van der Waals surface area contributed by atoms with E-state index in [4.69, 9.17) is 9.84 Å². The molecule has 1 rings (SSSR count). The Labute approximate surface area is 112 Å². The summed E-state index contributed by atoms with van der Waals surface area (Å²) >= 11 is 0. The van der Waals surface area contributed by atoms with Gasteiger partial charge in [0, 0.05) is 19.3 Å². The van der Waals surface area contributed by atoms with E-state index in [-0.39, 0.29) is 13.2 Å². The van der Waals surface area contributed by atoms with Gasteiger partial charge in [-0.2, -0.15) is 0 Å². The van der Waals surface area contributed by atoms with Crippen molar-refractivity contribution in [2.45, 2.75) is 6.92 Å². The predicted octanol–water partition coefficient (Wildman–Crippen LogP) is 0.474. The van der Waals surface area contributed by atoms with Gasteiger partial charge in [0.05, 0.1) is 13.2 Å². The van der Waals surface area contributed by atoms with Crippen LogP contribution in [0.1, 0.15) is 6.92 Å². The number of aliphatic hydroxyl groups is 1. The van der Waals surface area contributed by atoms with Crippen LogP contribution in [0.25, 0.3) is 0 Å². The van der Waals surface area contributed by atoms with E-state index in [0.717, 1.165) is 4.90 Å². The van der Waals surface area contributed by atoms with Crippen molar-refractivity contribution in [3.8, 4) is 5.75 Å². The summed E-state index contributed by atoms with van der Waals surface area (Å²) in [4.78, 5) is 24.4. The Morgan fingerprint density at radius 3 is 2.47 bits per heavy atom. The first kappa shape index (κ1) is 15.0. The highest BCUT2D eigenvalue weighted by Gasteiger charge is 2.18. The SMILES string of the molecule is CCOc1ccc(NC(=O)C(=O)N(C)CCO)cc1. The van der Waals surface area contributed by atoms with E-state index in [2.05, 4.69) is 5.32 Å². The monoisotopic (exact) mass is 266 g/mol. The Morgan fingerprint density at radius 1 is 1.32 bits per heavy atom. The van der Waals surface area contributed by atoms with Crippen molar-refractivity contribution in [3.05, 3.63) is 24.3 Å². The van der Waals surface area contributed by atoms with Gasteiger partial charge in [-0.3, -0.25) is 9.59 Å². The van der Waals surface area contributed by atoms with Crippen LogP contribution in [0.3, 0.4) is 0 Å². The average Bonchev–Trinajstić information content (AvgIpc) is 2.40. The maximum atomic E-state index is 11.6. The Balaban J connectivity index is 2.58. The van der Waals surface area contributed by atoms with Crippen molar-refractivity contribution in [1.29, 1.82) is 0 Å². The van der Waals surface area contributed by atoms with Crippen LogP contribution in [-0.2, 0) is 9.59 Å². The molecule has 0 atom stereocenters. The van der Waals surface area contributed by atoms with Crippen LogP contribution in [0.5, 0.6) is 5.75 Å². The zero-order valence-corrected chi connectivity index (χ0v) is 11.0. The fraction of sp³-hybridized carbons (Fsp3) is 0.385. The summed E-state index contributed by atoms with van der Waals surface area (Å²) in [7, 11) is 1.45.